The quantitative estimate of drug-likeness (QED) is 0.873. The van der Waals surface area contributed by atoms with E-state index in [1.54, 1.807) is 24.3 Å². The van der Waals surface area contributed by atoms with Crippen LogP contribution in [-0.2, 0) is 21.2 Å². The van der Waals surface area contributed by atoms with Crippen LogP contribution in [0.5, 0.6) is 0 Å². The van der Waals surface area contributed by atoms with Gasteiger partial charge in [-0.3, -0.25) is 9.52 Å². The highest BCUT2D eigenvalue weighted by Gasteiger charge is 2.25. The molecule has 0 aromatic heterocycles. The number of hydrogen-bond acceptors (Lipinski definition) is 4. The van der Waals surface area contributed by atoms with Crippen LogP contribution < -0.4 is 10.0 Å². The van der Waals surface area contributed by atoms with Crippen molar-refractivity contribution in [3.05, 3.63) is 48.0 Å². The fraction of sp³-hybridized carbons (Fsp3) is 0.235. The van der Waals surface area contributed by atoms with Crippen molar-refractivity contribution in [1.29, 1.82) is 0 Å². The Labute approximate surface area is 145 Å². The predicted molar refractivity (Wildman–Crippen MR) is 97.0 cm³/mol. The second kappa shape index (κ2) is 6.49. The maximum atomic E-state index is 12.7. The van der Waals surface area contributed by atoms with Crippen LogP contribution in [0.1, 0.15) is 19.4 Å². The van der Waals surface area contributed by atoms with E-state index in [-0.39, 0.29) is 16.1 Å². The van der Waals surface area contributed by atoms with E-state index in [2.05, 4.69) is 10.0 Å². The lowest BCUT2D eigenvalue weighted by atomic mass is 10.1. The summed E-state index contributed by atoms with van der Waals surface area (Å²) in [5.41, 5.74) is 2.04. The number of carbonyl (C=O) groups is 1. The van der Waals surface area contributed by atoms with Crippen LogP contribution in [0.4, 0.5) is 11.4 Å². The van der Waals surface area contributed by atoms with Crippen LogP contribution in [0.25, 0.3) is 0 Å². The third-order valence-corrected chi connectivity index (χ3v) is 6.38. The van der Waals surface area contributed by atoms with Crippen molar-refractivity contribution < 1.29 is 13.2 Å². The SMILES string of the molecule is CCc1ccccc1NS(=O)(=O)c1ccc2c(c1)NC(=O)[C@H](C)S2. The van der Waals surface area contributed by atoms with Crippen molar-refractivity contribution in [2.75, 3.05) is 10.0 Å². The summed E-state index contributed by atoms with van der Waals surface area (Å²) in [6.45, 7) is 3.79. The van der Waals surface area contributed by atoms with Gasteiger partial charge in [-0.05, 0) is 43.2 Å². The Bertz CT molecular complexity index is 894. The zero-order valence-corrected chi connectivity index (χ0v) is 15.0. The van der Waals surface area contributed by atoms with Crippen LogP contribution in [-0.4, -0.2) is 19.6 Å². The molecule has 0 saturated carbocycles. The lowest BCUT2D eigenvalue weighted by Crippen LogP contribution is -2.26. The Morgan fingerprint density at radius 3 is 2.71 bits per heavy atom. The van der Waals surface area contributed by atoms with Crippen molar-refractivity contribution >= 4 is 39.1 Å². The monoisotopic (exact) mass is 362 g/mol. The van der Waals surface area contributed by atoms with Gasteiger partial charge in [0.05, 0.1) is 21.5 Å². The molecule has 2 aromatic rings. The molecule has 1 aliphatic heterocycles. The van der Waals surface area contributed by atoms with Crippen molar-refractivity contribution in [2.24, 2.45) is 0 Å². The normalized spacial score (nSPS) is 17.1. The van der Waals surface area contributed by atoms with Gasteiger partial charge in [-0.15, -0.1) is 11.8 Å². The molecule has 0 radical (unpaired) electrons. The summed E-state index contributed by atoms with van der Waals surface area (Å²) in [7, 11) is -3.72. The molecule has 1 aliphatic rings. The van der Waals surface area contributed by atoms with Gasteiger partial charge >= 0.3 is 0 Å². The molecule has 3 rings (SSSR count). The molecule has 2 aromatic carbocycles. The van der Waals surface area contributed by atoms with Crippen molar-refractivity contribution in [1.82, 2.24) is 0 Å². The van der Waals surface area contributed by atoms with Crippen LogP contribution in [0.3, 0.4) is 0 Å². The molecule has 1 heterocycles. The minimum Gasteiger partial charge on any atom is -0.324 e. The number of carbonyl (C=O) groups excluding carboxylic acids is 1. The number of nitrogens with one attached hydrogen (secondary N) is 2. The first-order chi connectivity index (χ1) is 11.4. The third kappa shape index (κ3) is 3.27. The van der Waals surface area contributed by atoms with E-state index in [4.69, 9.17) is 0 Å². The highest BCUT2D eigenvalue weighted by atomic mass is 32.2. The zero-order valence-electron chi connectivity index (χ0n) is 13.4. The molecular weight excluding hydrogens is 344 g/mol. The van der Waals surface area contributed by atoms with E-state index in [9.17, 15) is 13.2 Å². The Balaban J connectivity index is 1.93. The average Bonchev–Trinajstić information content (AvgIpc) is 2.55. The summed E-state index contributed by atoms with van der Waals surface area (Å²) < 4.78 is 28.0. The lowest BCUT2D eigenvalue weighted by Gasteiger charge is -2.22. The fourth-order valence-electron chi connectivity index (χ4n) is 2.49. The zero-order chi connectivity index (χ0) is 17.3. The van der Waals surface area contributed by atoms with Crippen LogP contribution in [0.15, 0.2) is 52.3 Å². The number of thioether (sulfide) groups is 1. The first-order valence-corrected chi connectivity index (χ1v) is 9.99. The van der Waals surface area contributed by atoms with E-state index in [0.717, 1.165) is 16.9 Å². The smallest absolute Gasteiger partial charge is 0.261 e. The molecular formula is C17H18N2O3S2. The molecule has 2 N–H and O–H groups in total. The standard InChI is InChI=1S/C17H18N2O3S2/c1-3-12-6-4-5-7-14(12)19-24(21,22)13-8-9-16-15(10-13)18-17(20)11(2)23-16/h4-11,19H,3H2,1-2H3,(H,18,20)/t11-/m0/s1. The first kappa shape index (κ1) is 16.9. The van der Waals surface area contributed by atoms with E-state index in [1.807, 2.05) is 26.0 Å². The summed E-state index contributed by atoms with van der Waals surface area (Å²) in [6, 6.07) is 12.1. The summed E-state index contributed by atoms with van der Waals surface area (Å²) >= 11 is 1.42. The van der Waals surface area contributed by atoms with E-state index in [1.165, 1.54) is 17.8 Å². The van der Waals surface area contributed by atoms with Crippen molar-refractivity contribution in [3.63, 3.8) is 0 Å². The molecule has 0 fully saturated rings. The summed E-state index contributed by atoms with van der Waals surface area (Å²) in [6.07, 6.45) is 0.730. The molecule has 5 nitrogen and oxygen atoms in total. The molecule has 0 bridgehead atoms. The summed E-state index contributed by atoms with van der Waals surface area (Å²) in [4.78, 5) is 12.8. The minimum absolute atomic E-state index is 0.119. The maximum absolute atomic E-state index is 12.7. The number of benzene rings is 2. The van der Waals surface area contributed by atoms with Crippen LogP contribution in [0.2, 0.25) is 0 Å². The number of rotatable bonds is 4. The molecule has 1 atom stereocenters. The first-order valence-electron chi connectivity index (χ1n) is 7.63. The van der Waals surface area contributed by atoms with Gasteiger partial charge in [0.15, 0.2) is 0 Å². The van der Waals surface area contributed by atoms with Gasteiger partial charge in [0.1, 0.15) is 0 Å². The number of amides is 1. The molecule has 0 unspecified atom stereocenters. The van der Waals surface area contributed by atoms with E-state index in [0.29, 0.717) is 11.4 Å². The average molecular weight is 362 g/mol. The Kier molecular flexibility index (Phi) is 4.56. The second-order valence-corrected chi connectivity index (χ2v) is 8.59. The largest absolute Gasteiger partial charge is 0.324 e. The predicted octanol–water partition coefficient (Wildman–Crippen LogP) is 3.48. The van der Waals surface area contributed by atoms with Gasteiger partial charge < -0.3 is 5.32 Å². The Morgan fingerprint density at radius 1 is 1.21 bits per heavy atom. The highest BCUT2D eigenvalue weighted by molar-refractivity contribution is 8.01. The molecule has 1 amide bonds. The number of sulfonamides is 1. The molecule has 126 valence electrons. The molecule has 0 spiro atoms. The molecule has 0 saturated heterocycles. The second-order valence-electron chi connectivity index (χ2n) is 5.52. The van der Waals surface area contributed by atoms with Gasteiger partial charge in [0, 0.05) is 4.90 Å². The van der Waals surface area contributed by atoms with Gasteiger partial charge in [0.25, 0.3) is 10.0 Å². The van der Waals surface area contributed by atoms with Gasteiger partial charge in [-0.25, -0.2) is 8.42 Å². The third-order valence-electron chi connectivity index (χ3n) is 3.83. The lowest BCUT2D eigenvalue weighted by molar-refractivity contribution is -0.115. The Hall–Kier alpha value is -1.99. The minimum atomic E-state index is -3.72. The van der Waals surface area contributed by atoms with Crippen molar-refractivity contribution in [2.45, 2.75) is 35.3 Å². The topological polar surface area (TPSA) is 75.3 Å². The van der Waals surface area contributed by atoms with E-state index < -0.39 is 10.0 Å². The van der Waals surface area contributed by atoms with Gasteiger partial charge in [0.2, 0.25) is 5.91 Å². The van der Waals surface area contributed by atoms with Gasteiger partial charge in [-0.1, -0.05) is 25.1 Å². The number of anilines is 2. The van der Waals surface area contributed by atoms with Crippen LogP contribution >= 0.6 is 11.8 Å². The van der Waals surface area contributed by atoms with E-state index >= 15 is 0 Å². The van der Waals surface area contributed by atoms with Crippen LogP contribution in [0, 0.1) is 0 Å². The number of aryl methyl sites for hydroxylation is 1. The van der Waals surface area contributed by atoms with Gasteiger partial charge in [-0.2, -0.15) is 0 Å². The number of fused-ring (bicyclic) bond motifs is 1. The number of para-hydroxylation sites is 1. The van der Waals surface area contributed by atoms with Crippen molar-refractivity contribution in [3.8, 4) is 0 Å². The summed E-state index contributed by atoms with van der Waals surface area (Å²) in [5.74, 6) is -0.119. The molecule has 0 aliphatic carbocycles. The number of hydrogen-bond donors (Lipinski definition) is 2. The molecule has 7 heteroatoms. The maximum Gasteiger partial charge on any atom is 0.261 e. The fourth-order valence-corrected chi connectivity index (χ4v) is 4.54. The summed E-state index contributed by atoms with van der Waals surface area (Å²) in [5, 5.41) is 2.57. The highest BCUT2D eigenvalue weighted by Crippen LogP contribution is 2.37. The molecule has 24 heavy (non-hydrogen) atoms. The Morgan fingerprint density at radius 2 is 1.96 bits per heavy atom.